The number of nitriles is 1. The quantitative estimate of drug-likeness (QED) is 0.741. The van der Waals surface area contributed by atoms with Gasteiger partial charge >= 0.3 is 5.97 Å². The third kappa shape index (κ3) is 3.65. The van der Waals surface area contributed by atoms with Crippen molar-refractivity contribution in [3.63, 3.8) is 0 Å². The van der Waals surface area contributed by atoms with Crippen LogP contribution in [0.2, 0.25) is 0 Å². The maximum Gasteiger partial charge on any atom is 0.308 e. The van der Waals surface area contributed by atoms with E-state index in [1.165, 1.54) is 20.0 Å². The topological polar surface area (TPSA) is 68.6 Å². The summed E-state index contributed by atoms with van der Waals surface area (Å²) in [5, 5.41) is 9.94. The van der Waals surface area contributed by atoms with E-state index in [1.54, 1.807) is 7.11 Å². The van der Waals surface area contributed by atoms with Crippen LogP contribution in [0.5, 0.6) is 11.5 Å². The number of hydrogen-bond acceptors (Lipinski definition) is 5. The predicted octanol–water partition coefficient (Wildman–Crippen LogP) is 4.14. The van der Waals surface area contributed by atoms with Crippen molar-refractivity contribution in [2.75, 3.05) is 14.2 Å². The second kappa shape index (κ2) is 7.99. The summed E-state index contributed by atoms with van der Waals surface area (Å²) in [7, 11) is 3.06. The Morgan fingerprint density at radius 3 is 2.38 bits per heavy atom. The molecule has 0 unspecified atom stereocenters. The molecule has 2 fully saturated rings. The van der Waals surface area contributed by atoms with Crippen LogP contribution < -0.4 is 9.47 Å². The number of hydrogen-bond donors (Lipinski definition) is 0. The van der Waals surface area contributed by atoms with Gasteiger partial charge in [0, 0.05) is 0 Å². The summed E-state index contributed by atoms with van der Waals surface area (Å²) in [6.07, 6.45) is 7.41. The van der Waals surface area contributed by atoms with E-state index < -0.39 is 5.41 Å². The molecule has 2 aliphatic rings. The molecule has 5 heteroatoms. The largest absolute Gasteiger partial charge is 0.493 e. The average molecular weight is 357 g/mol. The Bertz CT molecular complexity index is 680. The second-order valence-corrected chi connectivity index (χ2v) is 7.38. The molecule has 0 spiro atoms. The molecule has 0 radical (unpaired) electrons. The Kier molecular flexibility index (Phi) is 5.70. The Labute approximate surface area is 155 Å². The van der Waals surface area contributed by atoms with Gasteiger partial charge in [-0.15, -0.1) is 0 Å². The molecule has 0 atom stereocenters. The van der Waals surface area contributed by atoms with Gasteiger partial charge in [-0.1, -0.05) is 6.07 Å². The molecule has 0 N–H and O–H groups in total. The number of nitrogens with zero attached hydrogens (tertiary/aromatic N) is 1. The number of carbonyl (C=O) groups excluding carboxylic acids is 1. The minimum Gasteiger partial charge on any atom is -0.493 e. The van der Waals surface area contributed by atoms with Crippen molar-refractivity contribution in [2.45, 2.75) is 62.9 Å². The van der Waals surface area contributed by atoms with Gasteiger partial charge in [-0.2, -0.15) is 5.26 Å². The van der Waals surface area contributed by atoms with Gasteiger partial charge in [0.2, 0.25) is 0 Å². The molecule has 3 rings (SSSR count). The predicted molar refractivity (Wildman–Crippen MR) is 97.1 cm³/mol. The van der Waals surface area contributed by atoms with Gasteiger partial charge in [-0.25, -0.2) is 0 Å². The molecular weight excluding hydrogens is 330 g/mol. The van der Waals surface area contributed by atoms with E-state index in [4.69, 9.17) is 14.2 Å². The Morgan fingerprint density at radius 1 is 1.12 bits per heavy atom. The lowest BCUT2D eigenvalue weighted by Crippen LogP contribution is -2.33. The molecule has 0 aromatic heterocycles. The Balaban J connectivity index is 1.82. The van der Waals surface area contributed by atoms with Gasteiger partial charge in [-0.3, -0.25) is 4.79 Å². The first-order chi connectivity index (χ1) is 12.6. The van der Waals surface area contributed by atoms with E-state index in [-0.39, 0.29) is 18.0 Å². The summed E-state index contributed by atoms with van der Waals surface area (Å²) in [5.74, 6) is 1.16. The molecule has 0 heterocycles. The van der Waals surface area contributed by atoms with E-state index in [9.17, 15) is 10.1 Å². The first-order valence-corrected chi connectivity index (χ1v) is 9.46. The zero-order valence-corrected chi connectivity index (χ0v) is 15.6. The number of benzene rings is 1. The van der Waals surface area contributed by atoms with E-state index in [2.05, 4.69) is 6.07 Å². The normalized spacial score (nSPS) is 26.1. The third-order valence-corrected chi connectivity index (χ3v) is 5.90. The van der Waals surface area contributed by atoms with Gasteiger partial charge in [0.15, 0.2) is 11.5 Å². The number of methoxy groups -OCH3 is 2. The number of carbonyl (C=O) groups is 1. The van der Waals surface area contributed by atoms with Crippen LogP contribution in [0.3, 0.4) is 0 Å². The highest BCUT2D eigenvalue weighted by Gasteiger charge is 2.40. The zero-order chi connectivity index (χ0) is 18.6. The maximum atomic E-state index is 11.8. The molecule has 1 aromatic carbocycles. The molecule has 1 aromatic rings. The van der Waals surface area contributed by atoms with Crippen LogP contribution in [-0.4, -0.2) is 26.3 Å². The first kappa shape index (κ1) is 18.6. The van der Waals surface area contributed by atoms with Crippen LogP contribution in [0.1, 0.15) is 56.9 Å². The van der Waals surface area contributed by atoms with Crippen molar-refractivity contribution in [1.82, 2.24) is 0 Å². The van der Waals surface area contributed by atoms with E-state index >= 15 is 0 Å². The zero-order valence-electron chi connectivity index (χ0n) is 15.6. The molecule has 26 heavy (non-hydrogen) atoms. The first-order valence-electron chi connectivity index (χ1n) is 9.46. The van der Waals surface area contributed by atoms with Gasteiger partial charge < -0.3 is 14.2 Å². The van der Waals surface area contributed by atoms with Crippen molar-refractivity contribution in [1.29, 1.82) is 5.26 Å². The summed E-state index contributed by atoms with van der Waals surface area (Å²) >= 11 is 0. The molecule has 0 amide bonds. The molecule has 2 aliphatic carbocycles. The molecule has 0 saturated heterocycles. The summed E-state index contributed by atoms with van der Waals surface area (Å²) in [6.45, 7) is 0. The second-order valence-electron chi connectivity index (χ2n) is 7.38. The standard InChI is InChI=1S/C21H27NO4/c1-24-18-8-7-16(13-19(18)26-17-5-3-4-6-17)21(14-22)11-9-15(10-12-21)20(23)25-2/h7-8,13,15,17H,3-6,9-12H2,1-2H3. The average Bonchev–Trinajstić information content (AvgIpc) is 3.20. The van der Waals surface area contributed by atoms with E-state index in [0.29, 0.717) is 31.4 Å². The molecule has 5 nitrogen and oxygen atoms in total. The van der Waals surface area contributed by atoms with Gasteiger partial charge in [0.1, 0.15) is 0 Å². The van der Waals surface area contributed by atoms with Gasteiger partial charge in [-0.05, 0) is 69.1 Å². The van der Waals surface area contributed by atoms with Crippen LogP contribution in [0.4, 0.5) is 0 Å². The minimum atomic E-state index is -0.579. The van der Waals surface area contributed by atoms with Crippen LogP contribution >= 0.6 is 0 Å². The van der Waals surface area contributed by atoms with Crippen molar-refractivity contribution < 1.29 is 19.0 Å². The van der Waals surface area contributed by atoms with Crippen LogP contribution in [0, 0.1) is 17.2 Å². The van der Waals surface area contributed by atoms with Crippen LogP contribution in [-0.2, 0) is 14.9 Å². The lowest BCUT2D eigenvalue weighted by molar-refractivity contribution is -0.146. The number of ether oxygens (including phenoxy) is 3. The number of rotatable bonds is 5. The Morgan fingerprint density at radius 2 is 1.81 bits per heavy atom. The highest BCUT2D eigenvalue weighted by molar-refractivity contribution is 5.72. The molecule has 140 valence electrons. The molecule has 0 bridgehead atoms. The fourth-order valence-corrected chi connectivity index (χ4v) is 4.23. The Hall–Kier alpha value is -2.22. The summed E-state index contributed by atoms with van der Waals surface area (Å²) in [4.78, 5) is 11.8. The highest BCUT2D eigenvalue weighted by atomic mass is 16.5. The van der Waals surface area contributed by atoms with E-state index in [1.807, 2.05) is 18.2 Å². The molecule has 0 aliphatic heterocycles. The molecule has 2 saturated carbocycles. The van der Waals surface area contributed by atoms with Gasteiger partial charge in [0.25, 0.3) is 0 Å². The molecular formula is C21H27NO4. The summed E-state index contributed by atoms with van der Waals surface area (Å²) in [6, 6.07) is 8.35. The van der Waals surface area contributed by atoms with Crippen molar-refractivity contribution in [2.24, 2.45) is 5.92 Å². The fourth-order valence-electron chi connectivity index (χ4n) is 4.23. The summed E-state index contributed by atoms with van der Waals surface area (Å²) in [5.41, 5.74) is 0.377. The third-order valence-electron chi connectivity index (χ3n) is 5.90. The van der Waals surface area contributed by atoms with Gasteiger partial charge in [0.05, 0.1) is 37.7 Å². The monoisotopic (exact) mass is 357 g/mol. The fraction of sp³-hybridized carbons (Fsp3) is 0.619. The SMILES string of the molecule is COC(=O)C1CCC(C#N)(c2ccc(OC)c(OC3CCCC3)c2)CC1. The smallest absolute Gasteiger partial charge is 0.308 e. The van der Waals surface area contributed by atoms with Crippen LogP contribution in [0.15, 0.2) is 18.2 Å². The summed E-state index contributed by atoms with van der Waals surface area (Å²) < 4.78 is 16.5. The number of esters is 1. The van der Waals surface area contributed by atoms with Crippen molar-refractivity contribution >= 4 is 5.97 Å². The van der Waals surface area contributed by atoms with Crippen LogP contribution in [0.25, 0.3) is 0 Å². The lowest BCUT2D eigenvalue weighted by Gasteiger charge is -2.34. The van der Waals surface area contributed by atoms with E-state index in [0.717, 1.165) is 24.2 Å². The minimum absolute atomic E-state index is 0.103. The van der Waals surface area contributed by atoms with Crippen molar-refractivity contribution in [3.8, 4) is 17.6 Å². The maximum absolute atomic E-state index is 11.8. The lowest BCUT2D eigenvalue weighted by atomic mass is 9.67. The van der Waals surface area contributed by atoms with Crippen molar-refractivity contribution in [3.05, 3.63) is 23.8 Å². The highest BCUT2D eigenvalue weighted by Crippen LogP contribution is 2.44.